The molecule has 1 heterocycles. The highest BCUT2D eigenvalue weighted by atomic mass is 16.5. The molecule has 1 N–H and O–H groups in total. The number of amides is 2. The van der Waals surface area contributed by atoms with Gasteiger partial charge in [0, 0.05) is 24.7 Å². The van der Waals surface area contributed by atoms with Gasteiger partial charge < -0.3 is 15.0 Å². The minimum Gasteiger partial charge on any atom is -0.455 e. The van der Waals surface area contributed by atoms with E-state index < -0.39 is 24.4 Å². The first-order chi connectivity index (χ1) is 13.9. The van der Waals surface area contributed by atoms with Gasteiger partial charge in [0.15, 0.2) is 6.61 Å². The van der Waals surface area contributed by atoms with E-state index in [4.69, 9.17) is 10.00 Å². The third-order valence-corrected chi connectivity index (χ3v) is 6.18. The zero-order valence-corrected chi connectivity index (χ0v) is 16.9. The third kappa shape index (κ3) is 4.94. The molecule has 3 rings (SSSR count). The molecule has 7 nitrogen and oxygen atoms in total. The van der Waals surface area contributed by atoms with Crippen molar-refractivity contribution in [2.24, 2.45) is 17.8 Å². The summed E-state index contributed by atoms with van der Waals surface area (Å²) in [7, 11) is 0. The van der Waals surface area contributed by atoms with E-state index in [2.05, 4.69) is 19.2 Å². The number of esters is 1. The fraction of sp³-hybridized carbons (Fsp3) is 0.545. The van der Waals surface area contributed by atoms with E-state index in [0.29, 0.717) is 29.6 Å². The van der Waals surface area contributed by atoms with Gasteiger partial charge in [0.25, 0.3) is 5.91 Å². The van der Waals surface area contributed by atoms with Crippen LogP contribution in [0.2, 0.25) is 0 Å². The summed E-state index contributed by atoms with van der Waals surface area (Å²) in [5, 5.41) is 11.5. The summed E-state index contributed by atoms with van der Waals surface area (Å²) in [5.74, 6) is -0.548. The lowest BCUT2D eigenvalue weighted by atomic mass is 9.77. The topological polar surface area (TPSA) is 99.5 Å². The smallest absolute Gasteiger partial charge is 0.311 e. The predicted octanol–water partition coefficient (Wildman–Crippen LogP) is 2.71. The lowest BCUT2D eigenvalue weighted by Crippen LogP contribution is -2.45. The van der Waals surface area contributed by atoms with E-state index in [1.54, 1.807) is 24.3 Å². The average Bonchev–Trinajstić information content (AvgIpc) is 3.10. The van der Waals surface area contributed by atoms with Crippen molar-refractivity contribution in [1.29, 1.82) is 5.26 Å². The molecule has 1 aromatic carbocycles. The molecule has 0 spiro atoms. The molecule has 2 aliphatic rings. The van der Waals surface area contributed by atoms with Crippen LogP contribution in [0.4, 0.5) is 5.69 Å². The van der Waals surface area contributed by atoms with Gasteiger partial charge in [-0.3, -0.25) is 14.4 Å². The Morgan fingerprint density at radius 1 is 1.31 bits per heavy atom. The van der Waals surface area contributed by atoms with Crippen molar-refractivity contribution in [3.63, 3.8) is 0 Å². The zero-order chi connectivity index (χ0) is 21.0. The Morgan fingerprint density at radius 3 is 2.86 bits per heavy atom. The van der Waals surface area contributed by atoms with Gasteiger partial charge in [0.05, 0.1) is 17.6 Å². The van der Waals surface area contributed by atoms with Crippen molar-refractivity contribution in [3.8, 4) is 6.07 Å². The molecule has 1 aromatic rings. The molecule has 29 heavy (non-hydrogen) atoms. The second-order valence-electron chi connectivity index (χ2n) is 8.13. The molecule has 0 unspecified atom stereocenters. The number of likely N-dealkylation sites (tertiary alicyclic amines) is 1. The van der Waals surface area contributed by atoms with Crippen LogP contribution >= 0.6 is 0 Å². The Labute approximate surface area is 171 Å². The van der Waals surface area contributed by atoms with E-state index in [1.165, 1.54) is 6.42 Å². The molecular weight excluding hydrogens is 370 g/mol. The molecule has 0 radical (unpaired) electrons. The molecule has 0 bridgehead atoms. The summed E-state index contributed by atoms with van der Waals surface area (Å²) in [6.45, 7) is 4.34. The van der Waals surface area contributed by atoms with E-state index in [-0.39, 0.29) is 18.4 Å². The van der Waals surface area contributed by atoms with Gasteiger partial charge in [-0.1, -0.05) is 32.8 Å². The minimum atomic E-state index is -0.526. The second kappa shape index (κ2) is 9.08. The lowest BCUT2D eigenvalue weighted by Gasteiger charge is -2.39. The van der Waals surface area contributed by atoms with Crippen molar-refractivity contribution in [2.45, 2.75) is 45.6 Å². The van der Waals surface area contributed by atoms with E-state index in [1.807, 2.05) is 11.0 Å². The first-order valence-corrected chi connectivity index (χ1v) is 10.1. The second-order valence-corrected chi connectivity index (χ2v) is 8.13. The van der Waals surface area contributed by atoms with Crippen molar-refractivity contribution in [2.75, 3.05) is 18.5 Å². The predicted molar refractivity (Wildman–Crippen MR) is 107 cm³/mol. The maximum absolute atomic E-state index is 12.5. The molecule has 0 aromatic heterocycles. The van der Waals surface area contributed by atoms with Crippen molar-refractivity contribution < 1.29 is 19.1 Å². The van der Waals surface area contributed by atoms with Gasteiger partial charge in [-0.05, 0) is 36.5 Å². The normalized spacial score (nSPS) is 26.7. The lowest BCUT2D eigenvalue weighted by molar-refractivity contribution is -0.151. The summed E-state index contributed by atoms with van der Waals surface area (Å²) in [5.41, 5.74) is 0.892. The van der Waals surface area contributed by atoms with Crippen molar-refractivity contribution in [1.82, 2.24) is 4.90 Å². The van der Waals surface area contributed by atoms with Crippen LogP contribution in [-0.2, 0) is 19.1 Å². The van der Waals surface area contributed by atoms with Crippen LogP contribution in [0.1, 0.15) is 45.1 Å². The van der Waals surface area contributed by atoms with Gasteiger partial charge in [0.2, 0.25) is 5.91 Å². The number of ether oxygens (including phenoxy) is 1. The molecule has 154 valence electrons. The largest absolute Gasteiger partial charge is 0.455 e. The Bertz CT molecular complexity index is 832. The van der Waals surface area contributed by atoms with Crippen LogP contribution in [-0.4, -0.2) is 41.9 Å². The van der Waals surface area contributed by atoms with Crippen molar-refractivity contribution in [3.05, 3.63) is 29.8 Å². The fourth-order valence-electron chi connectivity index (χ4n) is 4.32. The molecule has 1 aliphatic carbocycles. The van der Waals surface area contributed by atoms with Crippen LogP contribution in [0.3, 0.4) is 0 Å². The Kier molecular flexibility index (Phi) is 6.53. The van der Waals surface area contributed by atoms with E-state index >= 15 is 0 Å². The van der Waals surface area contributed by atoms with Gasteiger partial charge >= 0.3 is 5.97 Å². The highest BCUT2D eigenvalue weighted by molar-refractivity contribution is 5.93. The Balaban J connectivity index is 1.50. The first kappa shape index (κ1) is 20.8. The summed E-state index contributed by atoms with van der Waals surface area (Å²) in [6.07, 6.45) is 3.39. The van der Waals surface area contributed by atoms with Gasteiger partial charge in [-0.25, -0.2) is 0 Å². The molecule has 1 saturated carbocycles. The summed E-state index contributed by atoms with van der Waals surface area (Å²) < 4.78 is 5.15. The maximum Gasteiger partial charge on any atom is 0.311 e. The van der Waals surface area contributed by atoms with Crippen LogP contribution in [0.15, 0.2) is 24.3 Å². The molecule has 2 amide bonds. The third-order valence-electron chi connectivity index (χ3n) is 6.18. The first-order valence-electron chi connectivity index (χ1n) is 10.1. The number of carbonyl (C=O) groups is 3. The number of nitrogens with one attached hydrogen (secondary N) is 1. The number of rotatable bonds is 5. The molecular formula is C22H27N3O4. The van der Waals surface area contributed by atoms with Crippen LogP contribution in [0, 0.1) is 29.1 Å². The van der Waals surface area contributed by atoms with Crippen LogP contribution < -0.4 is 5.32 Å². The fourth-order valence-corrected chi connectivity index (χ4v) is 4.32. The molecule has 7 heteroatoms. The molecule has 4 atom stereocenters. The number of anilines is 1. The van der Waals surface area contributed by atoms with Gasteiger partial charge in [-0.2, -0.15) is 5.26 Å². The maximum atomic E-state index is 12.5. The number of benzene rings is 1. The van der Waals surface area contributed by atoms with Crippen molar-refractivity contribution >= 4 is 23.5 Å². The SMILES string of the molecule is C[C@@H]1[C@H](C)CCC[C@@H]1N1C[C@H](C(=O)OCC(=O)Nc2cccc(C#N)c2)CC1=O. The summed E-state index contributed by atoms with van der Waals surface area (Å²) in [6, 6.07) is 8.66. The summed E-state index contributed by atoms with van der Waals surface area (Å²) >= 11 is 0. The standard InChI is InChI=1S/C22H27N3O4/c1-14-5-3-8-19(15(14)2)25-12-17(10-21(25)27)22(28)29-13-20(26)24-18-7-4-6-16(9-18)11-23/h4,6-7,9,14-15,17,19H,3,5,8,10,12-13H2,1-2H3,(H,24,26)/t14-,15-,17-,19+/m1/s1. The van der Waals surface area contributed by atoms with Gasteiger partial charge in [-0.15, -0.1) is 0 Å². The average molecular weight is 397 g/mol. The number of nitrogens with zero attached hydrogens (tertiary/aromatic N) is 2. The van der Waals surface area contributed by atoms with E-state index in [9.17, 15) is 14.4 Å². The monoisotopic (exact) mass is 397 g/mol. The quantitative estimate of drug-likeness (QED) is 0.770. The Morgan fingerprint density at radius 2 is 2.10 bits per heavy atom. The van der Waals surface area contributed by atoms with Gasteiger partial charge in [0.1, 0.15) is 0 Å². The molecule has 1 aliphatic heterocycles. The minimum absolute atomic E-state index is 0.00401. The summed E-state index contributed by atoms with van der Waals surface area (Å²) in [4.78, 5) is 38.8. The number of hydrogen-bond acceptors (Lipinski definition) is 5. The Hall–Kier alpha value is -2.88. The number of carbonyl (C=O) groups excluding carboxylic acids is 3. The molecule has 1 saturated heterocycles. The highest BCUT2D eigenvalue weighted by Crippen LogP contribution is 2.35. The molecule has 2 fully saturated rings. The number of hydrogen-bond donors (Lipinski definition) is 1. The van der Waals surface area contributed by atoms with Crippen LogP contribution in [0.25, 0.3) is 0 Å². The van der Waals surface area contributed by atoms with Crippen LogP contribution in [0.5, 0.6) is 0 Å². The number of nitriles is 1. The highest BCUT2D eigenvalue weighted by Gasteiger charge is 2.42. The van der Waals surface area contributed by atoms with E-state index in [0.717, 1.165) is 12.8 Å². The zero-order valence-electron chi connectivity index (χ0n) is 16.9.